The average Bonchev–Trinajstić information content (AvgIpc) is 2.92. The van der Waals surface area contributed by atoms with Crippen LogP contribution in [-0.2, 0) is 4.74 Å². The Morgan fingerprint density at radius 1 is 1.43 bits per heavy atom. The van der Waals surface area contributed by atoms with Crippen LogP contribution in [-0.4, -0.2) is 18.5 Å². The molecule has 5 heteroatoms. The topological polar surface area (TPSA) is 26.3 Å². The zero-order chi connectivity index (χ0) is 15.4. The zero-order valence-electron chi connectivity index (χ0n) is 12.5. The standard InChI is InChI=1S/C16H20Cl2O2S/c1-15(2)9-4-5-16(15,3)12(6-9)20-8-11(19)10-7-13(17)21-14(10)18/h7,9,12H,4-6,8H2,1-3H3. The molecule has 1 heterocycles. The fraction of sp³-hybridized carbons (Fsp3) is 0.688. The van der Waals surface area contributed by atoms with Gasteiger partial charge >= 0.3 is 0 Å². The van der Waals surface area contributed by atoms with Crippen molar-refractivity contribution < 1.29 is 9.53 Å². The van der Waals surface area contributed by atoms with Crippen LogP contribution in [0.15, 0.2) is 6.07 Å². The van der Waals surface area contributed by atoms with Crippen LogP contribution >= 0.6 is 34.5 Å². The number of thiophene rings is 1. The van der Waals surface area contributed by atoms with Gasteiger partial charge in [0.1, 0.15) is 10.9 Å². The van der Waals surface area contributed by atoms with Gasteiger partial charge in [0.05, 0.1) is 16.0 Å². The largest absolute Gasteiger partial charge is 0.369 e. The van der Waals surface area contributed by atoms with Gasteiger partial charge in [-0.25, -0.2) is 0 Å². The van der Waals surface area contributed by atoms with Crippen LogP contribution in [0.2, 0.25) is 8.67 Å². The van der Waals surface area contributed by atoms with Crippen molar-refractivity contribution in [2.24, 2.45) is 16.7 Å². The summed E-state index contributed by atoms with van der Waals surface area (Å²) < 4.78 is 7.00. The molecule has 2 fully saturated rings. The number of hydrogen-bond acceptors (Lipinski definition) is 3. The van der Waals surface area contributed by atoms with Crippen molar-refractivity contribution in [2.75, 3.05) is 6.61 Å². The highest BCUT2D eigenvalue weighted by Crippen LogP contribution is 2.66. The molecule has 2 nitrogen and oxygen atoms in total. The molecule has 1 aromatic rings. The Labute approximate surface area is 139 Å². The summed E-state index contributed by atoms with van der Waals surface area (Å²) in [4.78, 5) is 12.2. The van der Waals surface area contributed by atoms with E-state index in [1.807, 2.05) is 0 Å². The quantitative estimate of drug-likeness (QED) is 0.675. The molecule has 3 rings (SSSR count). The molecule has 21 heavy (non-hydrogen) atoms. The Balaban J connectivity index is 1.67. The number of carbonyl (C=O) groups is 1. The molecule has 2 aliphatic carbocycles. The van der Waals surface area contributed by atoms with E-state index in [1.54, 1.807) is 6.07 Å². The van der Waals surface area contributed by atoms with Crippen molar-refractivity contribution >= 4 is 40.3 Å². The van der Waals surface area contributed by atoms with E-state index in [1.165, 1.54) is 24.2 Å². The van der Waals surface area contributed by atoms with Gasteiger partial charge in [0.15, 0.2) is 5.78 Å². The predicted molar refractivity (Wildman–Crippen MR) is 87.6 cm³/mol. The summed E-state index contributed by atoms with van der Waals surface area (Å²) in [5.74, 6) is 0.633. The number of halogens is 2. The minimum Gasteiger partial charge on any atom is -0.369 e. The third-order valence-corrected chi connectivity index (χ3v) is 7.57. The van der Waals surface area contributed by atoms with E-state index >= 15 is 0 Å². The maximum atomic E-state index is 12.2. The van der Waals surface area contributed by atoms with Crippen LogP contribution in [0.5, 0.6) is 0 Å². The fourth-order valence-electron chi connectivity index (χ4n) is 4.17. The van der Waals surface area contributed by atoms with Crippen LogP contribution in [0, 0.1) is 16.7 Å². The lowest BCUT2D eigenvalue weighted by Crippen LogP contribution is -2.38. The van der Waals surface area contributed by atoms with Gasteiger partial charge in [-0.15, -0.1) is 11.3 Å². The lowest BCUT2D eigenvalue weighted by atomic mass is 9.70. The smallest absolute Gasteiger partial charge is 0.190 e. The number of Topliss-reactive ketones (excluding diaryl/α,β-unsaturated/α-hetero) is 1. The van der Waals surface area contributed by atoms with Crippen molar-refractivity contribution in [2.45, 2.75) is 46.1 Å². The summed E-state index contributed by atoms with van der Waals surface area (Å²) in [6.45, 7) is 7.08. The second-order valence-electron chi connectivity index (χ2n) is 7.07. The Kier molecular flexibility index (Phi) is 3.93. The fourth-order valence-corrected chi connectivity index (χ4v) is 5.67. The summed E-state index contributed by atoms with van der Waals surface area (Å²) in [5, 5.41) is 0. The molecule has 2 aliphatic rings. The summed E-state index contributed by atoms with van der Waals surface area (Å²) in [6.07, 6.45) is 3.70. The number of hydrogen-bond donors (Lipinski definition) is 0. The molecule has 2 bridgehead atoms. The molecule has 116 valence electrons. The lowest BCUT2D eigenvalue weighted by Gasteiger charge is -2.38. The highest BCUT2D eigenvalue weighted by atomic mass is 35.5. The van der Waals surface area contributed by atoms with E-state index in [4.69, 9.17) is 27.9 Å². The number of ether oxygens (including phenoxy) is 1. The lowest BCUT2D eigenvalue weighted by molar-refractivity contribution is -0.0390. The molecule has 0 radical (unpaired) electrons. The first-order chi connectivity index (χ1) is 9.75. The predicted octanol–water partition coefficient (Wildman–Crippen LogP) is 5.47. The van der Waals surface area contributed by atoms with E-state index < -0.39 is 0 Å². The Morgan fingerprint density at radius 2 is 2.14 bits per heavy atom. The van der Waals surface area contributed by atoms with E-state index in [0.717, 1.165) is 6.42 Å². The molecule has 0 saturated heterocycles. The second kappa shape index (κ2) is 5.23. The zero-order valence-corrected chi connectivity index (χ0v) is 14.9. The minimum absolute atomic E-state index is 0.0765. The normalized spacial score (nSPS) is 33.6. The molecule has 3 unspecified atom stereocenters. The van der Waals surface area contributed by atoms with Crippen LogP contribution in [0.25, 0.3) is 0 Å². The molecular formula is C16H20Cl2O2S. The van der Waals surface area contributed by atoms with Crippen molar-refractivity contribution in [3.63, 3.8) is 0 Å². The highest BCUT2D eigenvalue weighted by Gasteiger charge is 2.61. The number of fused-ring (bicyclic) bond motifs is 2. The van der Waals surface area contributed by atoms with Gasteiger partial charge in [-0.1, -0.05) is 44.0 Å². The van der Waals surface area contributed by atoms with Crippen LogP contribution in [0.3, 0.4) is 0 Å². The van der Waals surface area contributed by atoms with Gasteiger partial charge in [-0.05, 0) is 42.1 Å². The van der Waals surface area contributed by atoms with Gasteiger partial charge < -0.3 is 4.74 Å². The first kappa shape index (κ1) is 15.8. The molecule has 2 saturated carbocycles. The van der Waals surface area contributed by atoms with Crippen LogP contribution in [0.1, 0.15) is 50.4 Å². The van der Waals surface area contributed by atoms with Crippen LogP contribution < -0.4 is 0 Å². The first-order valence-electron chi connectivity index (χ1n) is 7.35. The summed E-state index contributed by atoms with van der Waals surface area (Å²) in [7, 11) is 0. The summed E-state index contributed by atoms with van der Waals surface area (Å²) in [6, 6.07) is 1.63. The van der Waals surface area contributed by atoms with Crippen molar-refractivity contribution in [1.29, 1.82) is 0 Å². The van der Waals surface area contributed by atoms with Gasteiger partial charge in [-0.2, -0.15) is 0 Å². The second-order valence-corrected chi connectivity index (χ2v) is 9.36. The van der Waals surface area contributed by atoms with Gasteiger partial charge in [-0.3, -0.25) is 4.79 Å². The minimum atomic E-state index is -0.0765. The van der Waals surface area contributed by atoms with Crippen molar-refractivity contribution in [1.82, 2.24) is 0 Å². The van der Waals surface area contributed by atoms with Crippen molar-refractivity contribution in [3.8, 4) is 0 Å². The van der Waals surface area contributed by atoms with E-state index in [2.05, 4.69) is 20.8 Å². The maximum absolute atomic E-state index is 12.2. The highest BCUT2D eigenvalue weighted by molar-refractivity contribution is 7.20. The molecular weight excluding hydrogens is 327 g/mol. The van der Waals surface area contributed by atoms with Gasteiger partial charge in [0, 0.05) is 0 Å². The van der Waals surface area contributed by atoms with E-state index in [9.17, 15) is 4.79 Å². The molecule has 1 aromatic heterocycles. The first-order valence-corrected chi connectivity index (χ1v) is 8.92. The van der Waals surface area contributed by atoms with Crippen LogP contribution in [0.4, 0.5) is 0 Å². The third-order valence-electron chi connectivity index (χ3n) is 6.09. The average molecular weight is 347 g/mol. The summed E-state index contributed by atoms with van der Waals surface area (Å²) >= 11 is 13.1. The molecule has 0 aliphatic heterocycles. The van der Waals surface area contributed by atoms with Gasteiger partial charge in [0.2, 0.25) is 0 Å². The Hall–Kier alpha value is -0.0900. The SMILES string of the molecule is CC1(C)C2CCC1(C)C(OCC(=O)c1cc(Cl)sc1Cl)C2. The van der Waals surface area contributed by atoms with Crippen molar-refractivity contribution in [3.05, 3.63) is 20.3 Å². The third kappa shape index (κ3) is 2.37. The Morgan fingerprint density at radius 3 is 2.62 bits per heavy atom. The summed E-state index contributed by atoms with van der Waals surface area (Å²) in [5.41, 5.74) is 0.956. The van der Waals surface area contributed by atoms with E-state index in [-0.39, 0.29) is 23.9 Å². The maximum Gasteiger partial charge on any atom is 0.190 e. The molecule has 3 atom stereocenters. The van der Waals surface area contributed by atoms with Gasteiger partial charge in [0.25, 0.3) is 0 Å². The monoisotopic (exact) mass is 346 g/mol. The number of rotatable bonds is 4. The Bertz CT molecular complexity index is 581. The number of ketones is 1. The molecule has 0 amide bonds. The number of carbonyl (C=O) groups excluding carboxylic acids is 1. The van der Waals surface area contributed by atoms with E-state index in [0.29, 0.717) is 25.6 Å². The molecule has 0 N–H and O–H groups in total. The molecule has 0 aromatic carbocycles. The molecule has 0 spiro atoms.